The third-order valence-corrected chi connectivity index (χ3v) is 7.18. The number of hydrogen-bond acceptors (Lipinski definition) is 2. The van der Waals surface area contributed by atoms with Crippen molar-refractivity contribution in [1.29, 1.82) is 0 Å². The van der Waals surface area contributed by atoms with Gasteiger partial charge in [-0.25, -0.2) is 4.39 Å². The standard InChI is InChI=1S/C31H35FO2/c1-3-7-27-18-19-29(21-30(27)32)34-31(33)28-16-14-26(15-17-28)25-12-10-23(11-13-25)20-22(2)24-8-5-4-6-9-24/h4-6,8-13,18-19,21-22,26,28H,3,7,14-17,20H2,1-2H3/t22-,26?,28?/m1/s1. The summed E-state index contributed by atoms with van der Waals surface area (Å²) < 4.78 is 19.7. The molecule has 0 amide bonds. The van der Waals surface area contributed by atoms with E-state index in [0.717, 1.165) is 38.5 Å². The van der Waals surface area contributed by atoms with E-state index in [1.54, 1.807) is 12.1 Å². The van der Waals surface area contributed by atoms with E-state index in [2.05, 4.69) is 61.5 Å². The van der Waals surface area contributed by atoms with Crippen LogP contribution in [-0.2, 0) is 17.6 Å². The molecule has 3 aromatic carbocycles. The number of ether oxygens (including phenoxy) is 1. The van der Waals surface area contributed by atoms with Gasteiger partial charge in [0.15, 0.2) is 0 Å². The van der Waals surface area contributed by atoms with Crippen molar-refractivity contribution in [3.8, 4) is 5.75 Å². The molecule has 1 fully saturated rings. The molecule has 178 valence electrons. The van der Waals surface area contributed by atoms with Crippen LogP contribution >= 0.6 is 0 Å². The molecule has 0 heterocycles. The third kappa shape index (κ3) is 6.14. The molecular weight excluding hydrogens is 423 g/mol. The van der Waals surface area contributed by atoms with Crippen LogP contribution in [0.1, 0.15) is 80.0 Å². The normalized spacial score (nSPS) is 18.9. The number of esters is 1. The summed E-state index contributed by atoms with van der Waals surface area (Å²) in [5, 5.41) is 0. The minimum atomic E-state index is -0.294. The Labute approximate surface area is 203 Å². The van der Waals surface area contributed by atoms with Crippen LogP contribution < -0.4 is 4.74 Å². The largest absolute Gasteiger partial charge is 0.426 e. The number of rotatable bonds is 8. The SMILES string of the molecule is CCCc1ccc(OC(=O)C2CCC(c3ccc(C[C@@H](C)c4ccccc4)cc3)CC2)cc1F. The lowest BCUT2D eigenvalue weighted by atomic mass is 9.78. The molecular formula is C31H35FO2. The molecule has 4 rings (SSSR count). The predicted octanol–water partition coefficient (Wildman–Crippen LogP) is 8.00. The molecule has 1 atom stereocenters. The van der Waals surface area contributed by atoms with Gasteiger partial charge in [0.05, 0.1) is 5.92 Å². The second-order valence-corrected chi connectivity index (χ2v) is 9.73. The zero-order valence-corrected chi connectivity index (χ0v) is 20.3. The molecule has 0 bridgehead atoms. The van der Waals surface area contributed by atoms with E-state index < -0.39 is 0 Å². The van der Waals surface area contributed by atoms with Gasteiger partial charge in [-0.05, 0) is 78.7 Å². The first kappa shape index (κ1) is 24.2. The van der Waals surface area contributed by atoms with Crippen LogP contribution in [0.2, 0.25) is 0 Å². The highest BCUT2D eigenvalue weighted by molar-refractivity contribution is 5.75. The van der Waals surface area contributed by atoms with Crippen LogP contribution in [-0.4, -0.2) is 5.97 Å². The minimum Gasteiger partial charge on any atom is -0.426 e. The van der Waals surface area contributed by atoms with E-state index in [1.807, 2.05) is 6.92 Å². The Kier molecular flexibility index (Phi) is 8.16. The molecule has 0 unspecified atom stereocenters. The van der Waals surface area contributed by atoms with E-state index >= 15 is 0 Å². The van der Waals surface area contributed by atoms with E-state index in [0.29, 0.717) is 29.6 Å². The molecule has 2 nitrogen and oxygen atoms in total. The van der Waals surface area contributed by atoms with Crippen LogP contribution in [0.5, 0.6) is 5.75 Å². The number of halogens is 1. The molecule has 3 heteroatoms. The first-order valence-electron chi connectivity index (χ1n) is 12.7. The van der Waals surface area contributed by atoms with Crippen LogP contribution in [0.4, 0.5) is 4.39 Å². The summed E-state index contributed by atoms with van der Waals surface area (Å²) in [5.41, 5.74) is 4.76. The summed E-state index contributed by atoms with van der Waals surface area (Å²) in [5.74, 6) is 0.648. The molecule has 0 aliphatic heterocycles. The van der Waals surface area contributed by atoms with Crippen LogP contribution in [0.15, 0.2) is 72.8 Å². The number of hydrogen-bond donors (Lipinski definition) is 0. The fraction of sp³-hybridized carbons (Fsp3) is 0.387. The maximum Gasteiger partial charge on any atom is 0.314 e. The number of carbonyl (C=O) groups is 1. The third-order valence-electron chi connectivity index (χ3n) is 7.18. The maximum atomic E-state index is 14.2. The average Bonchev–Trinajstić information content (AvgIpc) is 2.87. The lowest BCUT2D eigenvalue weighted by Crippen LogP contribution is -2.25. The van der Waals surface area contributed by atoms with Crippen molar-refractivity contribution >= 4 is 5.97 Å². The van der Waals surface area contributed by atoms with E-state index in [9.17, 15) is 9.18 Å². The summed E-state index contributed by atoms with van der Waals surface area (Å²) in [4.78, 5) is 12.7. The Bertz CT molecular complexity index is 1070. The number of benzene rings is 3. The molecule has 0 spiro atoms. The lowest BCUT2D eigenvalue weighted by Gasteiger charge is -2.27. The van der Waals surface area contributed by atoms with Crippen LogP contribution in [0, 0.1) is 11.7 Å². The Hall–Kier alpha value is -2.94. The first-order chi connectivity index (χ1) is 16.5. The van der Waals surface area contributed by atoms with Gasteiger partial charge in [-0.3, -0.25) is 4.79 Å². The van der Waals surface area contributed by atoms with Crippen molar-refractivity contribution in [1.82, 2.24) is 0 Å². The highest BCUT2D eigenvalue weighted by Gasteiger charge is 2.28. The zero-order valence-electron chi connectivity index (χ0n) is 20.3. The van der Waals surface area contributed by atoms with Gasteiger partial charge in [0.1, 0.15) is 11.6 Å². The first-order valence-corrected chi connectivity index (χ1v) is 12.7. The highest BCUT2D eigenvalue weighted by Crippen LogP contribution is 2.37. The molecule has 1 aliphatic carbocycles. The maximum absolute atomic E-state index is 14.2. The van der Waals surface area contributed by atoms with E-state index in [-0.39, 0.29) is 17.7 Å². The molecule has 0 aromatic heterocycles. The fourth-order valence-electron chi connectivity index (χ4n) is 5.10. The molecule has 1 saturated carbocycles. The summed E-state index contributed by atoms with van der Waals surface area (Å²) >= 11 is 0. The van der Waals surface area contributed by atoms with Crippen LogP contribution in [0.25, 0.3) is 0 Å². The van der Waals surface area contributed by atoms with Crippen molar-refractivity contribution in [3.63, 3.8) is 0 Å². The lowest BCUT2D eigenvalue weighted by molar-refractivity contribution is -0.140. The smallest absolute Gasteiger partial charge is 0.314 e. The van der Waals surface area contributed by atoms with Crippen molar-refractivity contribution in [2.45, 2.75) is 70.6 Å². The molecule has 0 saturated heterocycles. The van der Waals surface area contributed by atoms with Crippen molar-refractivity contribution in [2.75, 3.05) is 0 Å². The van der Waals surface area contributed by atoms with Gasteiger partial charge in [-0.2, -0.15) is 0 Å². The summed E-state index contributed by atoms with van der Waals surface area (Å²) in [6.45, 7) is 4.29. The zero-order chi connectivity index (χ0) is 23.9. The van der Waals surface area contributed by atoms with E-state index in [4.69, 9.17) is 4.74 Å². The highest BCUT2D eigenvalue weighted by atomic mass is 19.1. The Morgan fingerprint density at radius 3 is 2.32 bits per heavy atom. The molecule has 3 aromatic rings. The number of carbonyl (C=O) groups excluding carboxylic acids is 1. The minimum absolute atomic E-state index is 0.111. The van der Waals surface area contributed by atoms with Gasteiger partial charge in [0, 0.05) is 6.07 Å². The van der Waals surface area contributed by atoms with Crippen molar-refractivity contribution in [3.05, 3.63) is 101 Å². The van der Waals surface area contributed by atoms with Crippen LogP contribution in [0.3, 0.4) is 0 Å². The van der Waals surface area contributed by atoms with Gasteiger partial charge in [0.25, 0.3) is 0 Å². The molecule has 1 aliphatic rings. The molecule has 34 heavy (non-hydrogen) atoms. The van der Waals surface area contributed by atoms with Crippen molar-refractivity contribution < 1.29 is 13.9 Å². The topological polar surface area (TPSA) is 26.3 Å². The van der Waals surface area contributed by atoms with Gasteiger partial charge < -0.3 is 4.74 Å². The van der Waals surface area contributed by atoms with Gasteiger partial charge in [-0.15, -0.1) is 0 Å². The fourth-order valence-corrected chi connectivity index (χ4v) is 5.10. The quantitative estimate of drug-likeness (QED) is 0.252. The van der Waals surface area contributed by atoms with Gasteiger partial charge in [0.2, 0.25) is 0 Å². The van der Waals surface area contributed by atoms with Crippen molar-refractivity contribution in [2.24, 2.45) is 5.92 Å². The molecule has 0 N–H and O–H groups in total. The van der Waals surface area contributed by atoms with E-state index in [1.165, 1.54) is 22.8 Å². The summed E-state index contributed by atoms with van der Waals surface area (Å²) in [6.07, 6.45) is 6.18. The van der Waals surface area contributed by atoms with Gasteiger partial charge in [-0.1, -0.05) is 80.9 Å². The number of aryl methyl sites for hydroxylation is 1. The monoisotopic (exact) mass is 458 g/mol. The second kappa shape index (κ2) is 11.5. The Morgan fingerprint density at radius 1 is 0.971 bits per heavy atom. The predicted molar refractivity (Wildman–Crippen MR) is 136 cm³/mol. The average molecular weight is 459 g/mol. The molecule has 0 radical (unpaired) electrons. The van der Waals surface area contributed by atoms with Gasteiger partial charge >= 0.3 is 5.97 Å². The second-order valence-electron chi connectivity index (χ2n) is 9.73. The summed E-state index contributed by atoms with van der Waals surface area (Å²) in [6, 6.07) is 24.5. The Balaban J connectivity index is 1.28. The Morgan fingerprint density at radius 2 is 1.68 bits per heavy atom. The summed E-state index contributed by atoms with van der Waals surface area (Å²) in [7, 11) is 0.